The number of phenols is 1. The third-order valence-electron chi connectivity index (χ3n) is 10.3. The zero-order valence-electron chi connectivity index (χ0n) is 29.5. The van der Waals surface area contributed by atoms with Crippen LogP contribution in [0.5, 0.6) is 5.75 Å². The smallest absolute Gasteiger partial charge is 0.411 e. The van der Waals surface area contributed by atoms with Crippen LogP contribution in [0.25, 0.3) is 22.0 Å². The summed E-state index contributed by atoms with van der Waals surface area (Å²) in [6.07, 6.45) is 2.41. The number of aromatic hydroxyl groups is 1. The molecule has 53 heavy (non-hydrogen) atoms. The average molecular weight is 716 g/mol. The van der Waals surface area contributed by atoms with Crippen LogP contribution in [-0.4, -0.2) is 64.4 Å². The number of H-pyrrole nitrogens is 1. The number of aromatic amines is 1. The molecule has 0 saturated carbocycles. The van der Waals surface area contributed by atoms with E-state index in [1.54, 1.807) is 12.1 Å². The average Bonchev–Trinajstić information content (AvgIpc) is 3.17. The van der Waals surface area contributed by atoms with Crippen molar-refractivity contribution in [3.05, 3.63) is 124 Å². The minimum Gasteiger partial charge on any atom is -0.506 e. The topological polar surface area (TPSA) is 156 Å². The van der Waals surface area contributed by atoms with E-state index in [9.17, 15) is 24.6 Å². The number of aryl methyl sites for hydroxylation is 1. The molecule has 11 nitrogen and oxygen atoms in total. The summed E-state index contributed by atoms with van der Waals surface area (Å²) in [4.78, 5) is 42.6. The number of carbonyl (C=O) groups is 2. The maximum atomic E-state index is 13.1. The minimum atomic E-state index is -0.858. The summed E-state index contributed by atoms with van der Waals surface area (Å²) in [6.45, 7) is 3.71. The molecule has 1 unspecified atom stereocenters. The number of aromatic nitrogens is 1. The van der Waals surface area contributed by atoms with Gasteiger partial charge in [0.05, 0.1) is 17.3 Å². The number of carbonyl (C=O) groups excluding carboxylic acids is 2. The summed E-state index contributed by atoms with van der Waals surface area (Å²) in [6, 6.07) is 29.6. The van der Waals surface area contributed by atoms with Crippen molar-refractivity contribution in [2.75, 3.05) is 36.8 Å². The van der Waals surface area contributed by atoms with Crippen LogP contribution in [0.15, 0.2) is 102 Å². The van der Waals surface area contributed by atoms with Crippen molar-refractivity contribution >= 4 is 34.3 Å². The summed E-state index contributed by atoms with van der Waals surface area (Å²) in [5.41, 5.74) is 5.87. The number of rotatable bonds is 13. The SMILES string of the molecule is O=C(CCCc1ccc(-c2ccccc2)c(NC(=O)O[C@H]2CN3CCC2CC3)c1)Nc1ccc(CNCC(O)c2ccc(O)c3[nH]c(=O)ccc23)cc1. The fourth-order valence-corrected chi connectivity index (χ4v) is 7.44. The van der Waals surface area contributed by atoms with Gasteiger partial charge in [0.1, 0.15) is 11.9 Å². The van der Waals surface area contributed by atoms with Gasteiger partial charge in [0.15, 0.2) is 0 Å². The number of ether oxygens (including phenoxy) is 1. The van der Waals surface area contributed by atoms with Gasteiger partial charge in [-0.15, -0.1) is 0 Å². The number of aliphatic hydroxyl groups is 1. The first-order chi connectivity index (χ1) is 25.8. The molecule has 3 saturated heterocycles. The van der Waals surface area contributed by atoms with Crippen LogP contribution in [0, 0.1) is 5.92 Å². The lowest BCUT2D eigenvalue weighted by Crippen LogP contribution is -2.52. The van der Waals surface area contributed by atoms with Gasteiger partial charge < -0.3 is 30.6 Å². The second-order valence-electron chi connectivity index (χ2n) is 14.0. The van der Waals surface area contributed by atoms with Crippen LogP contribution in [-0.2, 0) is 22.5 Å². The molecule has 11 heteroatoms. The number of amides is 2. The quantitative estimate of drug-likeness (QED) is 0.0827. The Morgan fingerprint density at radius 3 is 2.43 bits per heavy atom. The zero-order chi connectivity index (χ0) is 36.7. The second-order valence-corrected chi connectivity index (χ2v) is 14.0. The molecule has 3 aliphatic heterocycles. The number of nitrogens with zero attached hydrogens (tertiary/aromatic N) is 1. The predicted octanol–water partition coefficient (Wildman–Crippen LogP) is 6.33. The van der Waals surface area contributed by atoms with Gasteiger partial charge in [-0.3, -0.25) is 19.8 Å². The van der Waals surface area contributed by atoms with Crippen molar-refractivity contribution in [1.82, 2.24) is 15.2 Å². The molecule has 0 aliphatic carbocycles. The van der Waals surface area contributed by atoms with Crippen LogP contribution in [0.3, 0.4) is 0 Å². The third-order valence-corrected chi connectivity index (χ3v) is 10.3. The lowest BCUT2D eigenvalue weighted by molar-refractivity contribution is -0.116. The van der Waals surface area contributed by atoms with Crippen molar-refractivity contribution in [3.8, 4) is 16.9 Å². The number of phenolic OH excluding ortho intramolecular Hbond substituents is 1. The summed E-state index contributed by atoms with van der Waals surface area (Å²) in [5, 5.41) is 30.8. The molecule has 0 radical (unpaired) electrons. The number of hydrogen-bond acceptors (Lipinski definition) is 8. The Hall–Kier alpha value is -5.49. The van der Waals surface area contributed by atoms with E-state index in [4.69, 9.17) is 4.74 Å². The maximum Gasteiger partial charge on any atom is 0.411 e. The molecule has 1 aromatic heterocycles. The third kappa shape index (κ3) is 8.94. The normalized spacial score (nSPS) is 18.4. The van der Waals surface area contributed by atoms with Gasteiger partial charge in [0.25, 0.3) is 0 Å². The molecule has 2 amide bonds. The number of aliphatic hydroxyl groups excluding tert-OH is 1. The number of nitrogens with one attached hydrogen (secondary N) is 4. The molecule has 2 bridgehead atoms. The molecule has 8 rings (SSSR count). The molecule has 4 aromatic carbocycles. The number of anilines is 2. The Labute approximate surface area is 308 Å². The number of hydrogen-bond donors (Lipinski definition) is 6. The van der Waals surface area contributed by atoms with Gasteiger partial charge in [0.2, 0.25) is 11.5 Å². The molecule has 274 valence electrons. The van der Waals surface area contributed by atoms with E-state index in [0.29, 0.717) is 59.6 Å². The maximum absolute atomic E-state index is 13.1. The Bertz CT molecular complexity index is 2110. The van der Waals surface area contributed by atoms with Gasteiger partial charge in [-0.2, -0.15) is 0 Å². The first-order valence-corrected chi connectivity index (χ1v) is 18.3. The van der Waals surface area contributed by atoms with Gasteiger partial charge in [-0.05, 0) is 97.3 Å². The van der Waals surface area contributed by atoms with Gasteiger partial charge in [0, 0.05) is 48.8 Å². The standard InChI is InChI=1S/C42H45N5O6/c48-36-17-15-33(34-16-18-40(51)46-41(34)36)37(49)25-43-24-28-9-12-31(13-10-28)44-39(50)8-4-5-27-11-14-32(29-6-2-1-3-7-29)35(23-27)45-42(52)53-38-26-47-21-19-30(38)20-22-47/h1-3,6-7,9-18,23,30,37-38,43,48-49H,4-5,8,19-22,24-26H2,(H,44,50)(H,45,52)(H,46,51)/t37?,38-/m0/s1. The molecule has 6 N–H and O–H groups in total. The van der Waals surface area contributed by atoms with E-state index in [1.165, 1.54) is 12.1 Å². The van der Waals surface area contributed by atoms with E-state index < -0.39 is 12.2 Å². The van der Waals surface area contributed by atoms with Gasteiger partial charge >= 0.3 is 6.09 Å². The summed E-state index contributed by atoms with van der Waals surface area (Å²) >= 11 is 0. The molecular formula is C42H45N5O6. The molecule has 2 atom stereocenters. The highest BCUT2D eigenvalue weighted by atomic mass is 16.6. The van der Waals surface area contributed by atoms with E-state index in [0.717, 1.165) is 54.7 Å². The molecule has 5 aromatic rings. The minimum absolute atomic E-state index is 0.0520. The number of piperidine rings is 3. The van der Waals surface area contributed by atoms with E-state index in [-0.39, 0.29) is 29.9 Å². The zero-order valence-corrected chi connectivity index (χ0v) is 29.5. The van der Waals surface area contributed by atoms with Crippen LogP contribution in [0.1, 0.15) is 48.5 Å². The van der Waals surface area contributed by atoms with Gasteiger partial charge in [-0.1, -0.05) is 60.7 Å². The Morgan fingerprint density at radius 2 is 1.68 bits per heavy atom. The van der Waals surface area contributed by atoms with E-state index in [1.807, 2.05) is 72.8 Å². The predicted molar refractivity (Wildman–Crippen MR) is 206 cm³/mol. The molecule has 4 heterocycles. The van der Waals surface area contributed by atoms with Crippen molar-refractivity contribution in [3.63, 3.8) is 0 Å². The monoisotopic (exact) mass is 715 g/mol. The largest absolute Gasteiger partial charge is 0.506 e. The molecule has 3 aliphatic rings. The van der Waals surface area contributed by atoms with Crippen LogP contribution in [0.2, 0.25) is 0 Å². The highest BCUT2D eigenvalue weighted by Crippen LogP contribution is 2.33. The number of fused-ring (bicyclic) bond motifs is 4. The fourth-order valence-electron chi connectivity index (χ4n) is 7.44. The van der Waals surface area contributed by atoms with Crippen LogP contribution >= 0.6 is 0 Å². The van der Waals surface area contributed by atoms with E-state index in [2.05, 4.69) is 25.8 Å². The highest BCUT2D eigenvalue weighted by molar-refractivity contribution is 5.92. The lowest BCUT2D eigenvalue weighted by Gasteiger charge is -2.43. The van der Waals surface area contributed by atoms with Gasteiger partial charge in [-0.25, -0.2) is 4.79 Å². The number of benzene rings is 4. The first kappa shape index (κ1) is 35.9. The Morgan fingerprint density at radius 1 is 0.906 bits per heavy atom. The fraction of sp³-hybridized carbons (Fsp3) is 0.310. The van der Waals surface area contributed by atoms with Crippen molar-refractivity contribution < 1.29 is 24.5 Å². The van der Waals surface area contributed by atoms with Crippen LogP contribution < -0.4 is 21.5 Å². The summed E-state index contributed by atoms with van der Waals surface area (Å²) < 4.78 is 5.93. The Balaban J connectivity index is 0.887. The van der Waals surface area contributed by atoms with Crippen molar-refractivity contribution in [2.24, 2.45) is 5.92 Å². The molecule has 0 spiro atoms. The highest BCUT2D eigenvalue weighted by Gasteiger charge is 2.36. The summed E-state index contributed by atoms with van der Waals surface area (Å²) in [7, 11) is 0. The van der Waals surface area contributed by atoms with E-state index >= 15 is 0 Å². The first-order valence-electron chi connectivity index (χ1n) is 18.3. The number of pyridine rings is 1. The van der Waals surface area contributed by atoms with Crippen molar-refractivity contribution in [2.45, 2.75) is 50.9 Å². The van der Waals surface area contributed by atoms with Crippen LogP contribution in [0.4, 0.5) is 16.2 Å². The molecule has 3 fully saturated rings. The summed E-state index contributed by atoms with van der Waals surface area (Å²) in [5.74, 6) is 0.290. The molecular weight excluding hydrogens is 670 g/mol. The second kappa shape index (κ2) is 16.5. The Kier molecular flexibility index (Phi) is 11.1. The lowest BCUT2D eigenvalue weighted by atomic mass is 9.86. The van der Waals surface area contributed by atoms with Crippen molar-refractivity contribution in [1.29, 1.82) is 0 Å².